The van der Waals surface area contributed by atoms with Crippen LogP contribution in [0.1, 0.15) is 0 Å². The monoisotopic (exact) mass is 509 g/mol. The summed E-state index contributed by atoms with van der Waals surface area (Å²) in [4.78, 5) is 0. The van der Waals surface area contributed by atoms with E-state index in [2.05, 4.69) is 138 Å². The van der Waals surface area contributed by atoms with Crippen molar-refractivity contribution in [2.24, 2.45) is 0 Å². The van der Waals surface area contributed by atoms with Crippen LogP contribution in [0.15, 0.2) is 144 Å². The van der Waals surface area contributed by atoms with Gasteiger partial charge in [0, 0.05) is 27.2 Å². The maximum absolute atomic E-state index is 6.30. The predicted molar refractivity (Wildman–Crippen MR) is 169 cm³/mol. The molecule has 0 N–H and O–H groups in total. The Morgan fingerprint density at radius 3 is 2.02 bits per heavy atom. The number of aromatic nitrogens is 1. The summed E-state index contributed by atoms with van der Waals surface area (Å²) in [6.07, 6.45) is 0. The van der Waals surface area contributed by atoms with Crippen LogP contribution < -0.4 is 0 Å². The molecule has 0 aliphatic carbocycles. The second-order valence-corrected chi connectivity index (χ2v) is 10.6. The average Bonchev–Trinajstić information content (AvgIpc) is 3.55. The summed E-state index contributed by atoms with van der Waals surface area (Å²) < 4.78 is 8.67. The molecule has 9 aromatic rings. The van der Waals surface area contributed by atoms with E-state index in [9.17, 15) is 0 Å². The van der Waals surface area contributed by atoms with Crippen LogP contribution >= 0.6 is 0 Å². The molecule has 0 fully saturated rings. The van der Waals surface area contributed by atoms with Gasteiger partial charge in [-0.2, -0.15) is 0 Å². The Labute approximate surface area is 230 Å². The molecule has 0 bridgehead atoms. The van der Waals surface area contributed by atoms with Crippen LogP contribution in [0.25, 0.3) is 82.1 Å². The first-order valence-electron chi connectivity index (χ1n) is 13.7. The number of furan rings is 1. The third-order valence-corrected chi connectivity index (χ3v) is 8.36. The van der Waals surface area contributed by atoms with Gasteiger partial charge in [0.05, 0.1) is 11.0 Å². The highest BCUT2D eigenvalue weighted by Crippen LogP contribution is 2.41. The lowest BCUT2D eigenvalue weighted by atomic mass is 9.91. The Morgan fingerprint density at radius 2 is 1.12 bits per heavy atom. The van der Waals surface area contributed by atoms with Gasteiger partial charge in [0.2, 0.25) is 0 Å². The molecule has 2 heteroatoms. The highest BCUT2D eigenvalue weighted by molar-refractivity contribution is 6.20. The second-order valence-electron chi connectivity index (χ2n) is 10.6. The smallest absolute Gasteiger partial charge is 0.136 e. The molecule has 0 spiro atoms. The van der Waals surface area contributed by atoms with Gasteiger partial charge in [-0.1, -0.05) is 84.9 Å². The molecule has 0 amide bonds. The Kier molecular flexibility index (Phi) is 4.36. The molecule has 0 saturated carbocycles. The number of benzene rings is 7. The molecule has 0 atom stereocenters. The maximum Gasteiger partial charge on any atom is 0.136 e. The fourth-order valence-electron chi connectivity index (χ4n) is 6.55. The number of para-hydroxylation sites is 3. The molecule has 0 radical (unpaired) electrons. The second kappa shape index (κ2) is 8.08. The first-order valence-corrected chi connectivity index (χ1v) is 13.7. The fraction of sp³-hybridized carbons (Fsp3) is 0. The minimum Gasteiger partial charge on any atom is -0.456 e. The molecule has 2 nitrogen and oxygen atoms in total. The lowest BCUT2D eigenvalue weighted by molar-refractivity contribution is 0.669. The third kappa shape index (κ3) is 2.99. The number of hydrogen-bond donors (Lipinski definition) is 0. The van der Waals surface area contributed by atoms with Crippen LogP contribution in [0, 0.1) is 0 Å². The molecule has 0 unspecified atom stereocenters. The average molecular weight is 510 g/mol. The summed E-state index contributed by atoms with van der Waals surface area (Å²) in [7, 11) is 0. The van der Waals surface area contributed by atoms with Crippen LogP contribution in [0.4, 0.5) is 0 Å². The highest BCUT2D eigenvalue weighted by Gasteiger charge is 2.16. The van der Waals surface area contributed by atoms with Crippen LogP contribution in [-0.4, -0.2) is 4.57 Å². The van der Waals surface area contributed by atoms with Crippen molar-refractivity contribution in [2.45, 2.75) is 0 Å². The zero-order chi connectivity index (χ0) is 26.2. The lowest BCUT2D eigenvalue weighted by Crippen LogP contribution is -1.92. The van der Waals surface area contributed by atoms with Crippen molar-refractivity contribution in [1.82, 2.24) is 4.57 Å². The quantitative estimate of drug-likeness (QED) is 0.212. The van der Waals surface area contributed by atoms with Crippen molar-refractivity contribution >= 4 is 65.3 Å². The van der Waals surface area contributed by atoms with Gasteiger partial charge < -0.3 is 8.98 Å². The summed E-state index contributed by atoms with van der Waals surface area (Å²) in [6.45, 7) is 0. The van der Waals surface area contributed by atoms with Crippen molar-refractivity contribution in [3.05, 3.63) is 140 Å². The molecule has 0 saturated heterocycles. The normalized spacial score (nSPS) is 12.0. The highest BCUT2D eigenvalue weighted by atomic mass is 16.3. The SMILES string of the molecule is c1ccc(-n2c3ccccc3c3cc(-c4cc5ccccc5c5cc6oc7ccccc7c6cc45)ccc32)cc1. The van der Waals surface area contributed by atoms with E-state index < -0.39 is 0 Å². The number of fused-ring (bicyclic) bond motifs is 9. The van der Waals surface area contributed by atoms with Crippen LogP contribution in [0.2, 0.25) is 0 Å². The molecular formula is C38H23NO. The topological polar surface area (TPSA) is 18.1 Å². The van der Waals surface area contributed by atoms with Crippen LogP contribution in [0.3, 0.4) is 0 Å². The zero-order valence-corrected chi connectivity index (χ0v) is 21.6. The van der Waals surface area contributed by atoms with Gasteiger partial charge in [-0.05, 0) is 87.3 Å². The van der Waals surface area contributed by atoms with E-state index in [1.165, 1.54) is 60.2 Å². The molecule has 186 valence electrons. The predicted octanol–water partition coefficient (Wildman–Crippen LogP) is 10.7. The summed E-state index contributed by atoms with van der Waals surface area (Å²) in [5.41, 5.74) is 7.91. The lowest BCUT2D eigenvalue weighted by Gasteiger charge is -2.12. The molecule has 40 heavy (non-hydrogen) atoms. The Morgan fingerprint density at radius 1 is 0.400 bits per heavy atom. The van der Waals surface area contributed by atoms with E-state index >= 15 is 0 Å². The molecule has 9 rings (SSSR count). The zero-order valence-electron chi connectivity index (χ0n) is 21.6. The summed E-state index contributed by atoms with van der Waals surface area (Å²) in [6, 6.07) is 50.2. The molecule has 2 aromatic heterocycles. The van der Waals surface area contributed by atoms with E-state index in [0.717, 1.165) is 21.9 Å². The maximum atomic E-state index is 6.30. The Bertz CT molecular complexity index is 2420. The van der Waals surface area contributed by atoms with Gasteiger partial charge in [0.15, 0.2) is 0 Å². The van der Waals surface area contributed by atoms with Gasteiger partial charge in [-0.3, -0.25) is 0 Å². The van der Waals surface area contributed by atoms with Crippen LogP contribution in [0.5, 0.6) is 0 Å². The summed E-state index contributed by atoms with van der Waals surface area (Å²) in [5.74, 6) is 0. The van der Waals surface area contributed by atoms with Gasteiger partial charge in [-0.25, -0.2) is 0 Å². The number of hydrogen-bond acceptors (Lipinski definition) is 1. The van der Waals surface area contributed by atoms with Gasteiger partial charge in [0.25, 0.3) is 0 Å². The first-order chi connectivity index (χ1) is 19.8. The number of nitrogens with zero attached hydrogens (tertiary/aromatic N) is 1. The summed E-state index contributed by atoms with van der Waals surface area (Å²) >= 11 is 0. The van der Waals surface area contributed by atoms with E-state index in [1.54, 1.807) is 0 Å². The minimum absolute atomic E-state index is 0.925. The van der Waals surface area contributed by atoms with E-state index in [0.29, 0.717) is 0 Å². The van der Waals surface area contributed by atoms with E-state index in [-0.39, 0.29) is 0 Å². The van der Waals surface area contributed by atoms with Crippen molar-refractivity contribution in [3.8, 4) is 16.8 Å². The minimum atomic E-state index is 0.925. The van der Waals surface area contributed by atoms with E-state index in [1.807, 2.05) is 6.07 Å². The molecule has 0 aliphatic rings. The molecular weight excluding hydrogens is 486 g/mol. The van der Waals surface area contributed by atoms with Crippen molar-refractivity contribution in [3.63, 3.8) is 0 Å². The Balaban J connectivity index is 1.39. The van der Waals surface area contributed by atoms with Crippen LogP contribution in [-0.2, 0) is 0 Å². The third-order valence-electron chi connectivity index (χ3n) is 8.36. The van der Waals surface area contributed by atoms with Gasteiger partial charge in [-0.15, -0.1) is 0 Å². The van der Waals surface area contributed by atoms with Crippen molar-refractivity contribution in [2.75, 3.05) is 0 Å². The summed E-state index contributed by atoms with van der Waals surface area (Å²) in [5, 5.41) is 9.75. The largest absolute Gasteiger partial charge is 0.456 e. The molecule has 7 aromatic carbocycles. The fourth-order valence-corrected chi connectivity index (χ4v) is 6.55. The molecule has 2 heterocycles. The van der Waals surface area contributed by atoms with Gasteiger partial charge >= 0.3 is 0 Å². The van der Waals surface area contributed by atoms with Crippen molar-refractivity contribution < 1.29 is 4.42 Å². The standard InChI is InChI=1S/C38H23NO/c1-2-11-26(12-3-1)39-35-16-8-6-14-28(35)33-21-25(18-19-36(33)39)30-20-24-10-4-5-13-27(24)32-23-38-34(22-31(30)32)29-15-7-9-17-37(29)40-38/h1-23H. The first kappa shape index (κ1) is 21.6. The Hall–Kier alpha value is -5.34. The van der Waals surface area contributed by atoms with Gasteiger partial charge in [0.1, 0.15) is 11.2 Å². The van der Waals surface area contributed by atoms with E-state index in [4.69, 9.17) is 4.42 Å². The van der Waals surface area contributed by atoms with Crippen molar-refractivity contribution in [1.29, 1.82) is 0 Å². The number of rotatable bonds is 2. The molecule has 0 aliphatic heterocycles.